The molecule has 1 rings (SSSR count). The van der Waals surface area contributed by atoms with Crippen LogP contribution in [0.3, 0.4) is 0 Å². The molecule has 0 spiro atoms. The maximum atomic E-state index is 13.5. The first kappa shape index (κ1) is 13.2. The van der Waals surface area contributed by atoms with Crippen LogP contribution in [-0.4, -0.2) is 17.1 Å². The minimum Gasteiger partial charge on any atom is -0.409 e. The fourth-order valence-corrected chi connectivity index (χ4v) is 1.40. The van der Waals surface area contributed by atoms with E-state index in [4.69, 9.17) is 10.9 Å². The largest absolute Gasteiger partial charge is 0.409 e. The zero-order chi connectivity index (χ0) is 13.0. The molecule has 0 fully saturated rings. The third kappa shape index (κ3) is 3.05. The first-order chi connectivity index (χ1) is 7.99. The number of nitrogens with zero attached hydrogens (tertiary/aromatic N) is 1. The Morgan fingerprint density at radius 3 is 2.65 bits per heavy atom. The molecule has 0 aliphatic heterocycles. The summed E-state index contributed by atoms with van der Waals surface area (Å²) in [5.74, 6) is -1.16. The molecule has 0 aliphatic carbocycles. The van der Waals surface area contributed by atoms with E-state index in [0.717, 1.165) is 12.1 Å². The van der Waals surface area contributed by atoms with Crippen molar-refractivity contribution < 1.29 is 14.0 Å². The van der Waals surface area contributed by atoms with Gasteiger partial charge in [0, 0.05) is 6.07 Å². The van der Waals surface area contributed by atoms with Gasteiger partial charge in [0.25, 0.3) is 0 Å². The van der Waals surface area contributed by atoms with Crippen LogP contribution >= 0.6 is 0 Å². The van der Waals surface area contributed by atoms with Gasteiger partial charge in [-0.3, -0.25) is 0 Å². The van der Waals surface area contributed by atoms with Crippen LogP contribution in [0.15, 0.2) is 17.3 Å². The van der Waals surface area contributed by atoms with Crippen LogP contribution in [0.2, 0.25) is 0 Å². The average Bonchev–Trinajstić information content (AvgIpc) is 2.31. The van der Waals surface area contributed by atoms with E-state index < -0.39 is 17.7 Å². The van der Waals surface area contributed by atoms with Crippen LogP contribution in [-0.2, 0) is 0 Å². The first-order valence-electron chi connectivity index (χ1n) is 5.19. The molecule has 94 valence electrons. The van der Waals surface area contributed by atoms with E-state index in [1.807, 2.05) is 0 Å². The molecule has 4 N–H and O–H groups in total. The van der Waals surface area contributed by atoms with Crippen molar-refractivity contribution in [1.82, 2.24) is 0 Å². The molecule has 0 amide bonds. The van der Waals surface area contributed by atoms with Gasteiger partial charge in [-0.2, -0.15) is 0 Å². The second-order valence-electron chi connectivity index (χ2n) is 3.71. The molecule has 0 aliphatic rings. The molecule has 1 aromatic carbocycles. The monoisotopic (exact) mass is 243 g/mol. The molecule has 6 heteroatoms. The molecule has 1 aromatic rings. The Labute approximate surface area is 98.1 Å². The van der Waals surface area contributed by atoms with Crippen LogP contribution in [0.25, 0.3) is 0 Å². The number of oxime groups is 1. The van der Waals surface area contributed by atoms with Gasteiger partial charge in [-0.25, -0.2) is 8.78 Å². The third-order valence-corrected chi connectivity index (χ3v) is 2.46. The molecule has 1 atom stereocenters. The summed E-state index contributed by atoms with van der Waals surface area (Å²) in [6.07, 6.45) is 0.477. The van der Waals surface area contributed by atoms with Gasteiger partial charge in [-0.15, -0.1) is 0 Å². The van der Waals surface area contributed by atoms with Crippen LogP contribution < -0.4 is 11.1 Å². The highest BCUT2D eigenvalue weighted by atomic mass is 19.1. The second kappa shape index (κ2) is 5.47. The van der Waals surface area contributed by atoms with Crippen LogP contribution in [0.5, 0.6) is 0 Å². The molecule has 0 aromatic heterocycles. The second-order valence-corrected chi connectivity index (χ2v) is 3.71. The number of halogens is 2. The lowest BCUT2D eigenvalue weighted by Gasteiger charge is -2.17. The van der Waals surface area contributed by atoms with E-state index in [1.54, 1.807) is 6.92 Å². The maximum Gasteiger partial charge on any atom is 0.161 e. The van der Waals surface area contributed by atoms with E-state index in [9.17, 15) is 8.78 Å². The van der Waals surface area contributed by atoms with E-state index in [1.165, 1.54) is 6.92 Å². The molecule has 0 saturated heterocycles. The predicted octanol–water partition coefficient (Wildman–Crippen LogP) is 2.21. The van der Waals surface area contributed by atoms with Crippen molar-refractivity contribution in [2.24, 2.45) is 10.9 Å². The lowest BCUT2D eigenvalue weighted by molar-refractivity contribution is 0.316. The summed E-state index contributed by atoms with van der Waals surface area (Å²) >= 11 is 0. The van der Waals surface area contributed by atoms with Gasteiger partial charge >= 0.3 is 0 Å². The Hall–Kier alpha value is -1.85. The van der Waals surface area contributed by atoms with Gasteiger partial charge in [0.05, 0.1) is 11.7 Å². The number of aryl methyl sites for hydroxylation is 1. The van der Waals surface area contributed by atoms with Gasteiger partial charge in [0.1, 0.15) is 11.6 Å². The Kier molecular flexibility index (Phi) is 4.25. The Balaban J connectivity index is 2.98. The van der Waals surface area contributed by atoms with Gasteiger partial charge in [-0.1, -0.05) is 12.1 Å². The summed E-state index contributed by atoms with van der Waals surface area (Å²) in [5, 5.41) is 14.1. The average molecular weight is 243 g/mol. The van der Waals surface area contributed by atoms with E-state index in [2.05, 4.69) is 10.5 Å². The number of rotatable bonds is 4. The zero-order valence-corrected chi connectivity index (χ0v) is 9.67. The number of nitrogens with two attached hydrogens (primary N) is 1. The quantitative estimate of drug-likeness (QED) is 0.328. The van der Waals surface area contributed by atoms with Crippen molar-refractivity contribution >= 4 is 11.5 Å². The number of nitrogens with one attached hydrogen (secondary N) is 1. The van der Waals surface area contributed by atoms with Crippen molar-refractivity contribution in [2.45, 2.75) is 26.3 Å². The summed E-state index contributed by atoms with van der Waals surface area (Å²) in [4.78, 5) is 0. The van der Waals surface area contributed by atoms with Crippen LogP contribution in [0.4, 0.5) is 14.5 Å². The Morgan fingerprint density at radius 2 is 2.12 bits per heavy atom. The molecule has 0 radical (unpaired) electrons. The Bertz CT molecular complexity index is 435. The van der Waals surface area contributed by atoms with Crippen molar-refractivity contribution in [3.8, 4) is 0 Å². The van der Waals surface area contributed by atoms with Crippen molar-refractivity contribution in [2.75, 3.05) is 5.32 Å². The fraction of sp³-hybridized carbons (Fsp3) is 0.364. The molecular weight excluding hydrogens is 228 g/mol. The first-order valence-corrected chi connectivity index (χ1v) is 5.19. The van der Waals surface area contributed by atoms with Crippen molar-refractivity contribution in [3.63, 3.8) is 0 Å². The maximum absolute atomic E-state index is 13.5. The van der Waals surface area contributed by atoms with Crippen LogP contribution in [0, 0.1) is 18.6 Å². The number of benzene rings is 1. The highest BCUT2D eigenvalue weighted by molar-refractivity contribution is 5.87. The molecular formula is C11H15F2N3O. The fourth-order valence-electron chi connectivity index (χ4n) is 1.40. The normalized spacial score (nSPS) is 13.5. The molecule has 4 nitrogen and oxygen atoms in total. The van der Waals surface area contributed by atoms with Crippen molar-refractivity contribution in [1.29, 1.82) is 0 Å². The lowest BCUT2D eigenvalue weighted by Crippen LogP contribution is -2.35. The molecule has 17 heavy (non-hydrogen) atoms. The minimum absolute atomic E-state index is 0.00782. The van der Waals surface area contributed by atoms with E-state index in [-0.39, 0.29) is 17.1 Å². The van der Waals surface area contributed by atoms with Crippen LogP contribution in [0.1, 0.15) is 18.9 Å². The zero-order valence-electron chi connectivity index (χ0n) is 9.67. The molecule has 0 bridgehead atoms. The topological polar surface area (TPSA) is 70.6 Å². The number of hydrogen-bond acceptors (Lipinski definition) is 3. The standard InChI is InChI=1S/C11H15F2N3O/c1-3-9(11(14)16-17)15-10-5-7(12)6(2)4-8(10)13/h4-5,9,15,17H,3H2,1-2H3,(H2,14,16). The predicted molar refractivity (Wildman–Crippen MR) is 62.2 cm³/mol. The SMILES string of the molecule is CCC(Nc1cc(F)c(C)cc1F)/C(N)=N/O. The summed E-state index contributed by atoms with van der Waals surface area (Å²) in [7, 11) is 0. The highest BCUT2D eigenvalue weighted by Crippen LogP contribution is 2.20. The number of hydrogen-bond donors (Lipinski definition) is 3. The minimum atomic E-state index is -0.576. The van der Waals surface area contributed by atoms with Crippen molar-refractivity contribution in [3.05, 3.63) is 29.3 Å². The number of anilines is 1. The summed E-state index contributed by atoms with van der Waals surface area (Å²) in [6, 6.07) is 1.60. The molecule has 0 saturated carbocycles. The smallest absolute Gasteiger partial charge is 0.161 e. The summed E-state index contributed by atoms with van der Waals surface area (Å²) < 4.78 is 26.8. The van der Waals surface area contributed by atoms with Gasteiger partial charge < -0.3 is 16.3 Å². The Morgan fingerprint density at radius 1 is 1.47 bits per heavy atom. The summed E-state index contributed by atoms with van der Waals surface area (Å²) in [5.41, 5.74) is 5.63. The van der Waals surface area contributed by atoms with E-state index in [0.29, 0.717) is 6.42 Å². The van der Waals surface area contributed by atoms with Gasteiger partial charge in [-0.05, 0) is 25.0 Å². The van der Waals surface area contributed by atoms with Gasteiger partial charge in [0.2, 0.25) is 0 Å². The molecule has 1 unspecified atom stereocenters. The van der Waals surface area contributed by atoms with E-state index >= 15 is 0 Å². The van der Waals surface area contributed by atoms with Gasteiger partial charge in [0.15, 0.2) is 5.84 Å². The lowest BCUT2D eigenvalue weighted by atomic mass is 10.1. The third-order valence-electron chi connectivity index (χ3n) is 2.46. The highest BCUT2D eigenvalue weighted by Gasteiger charge is 2.15. The molecule has 0 heterocycles. The number of amidine groups is 1. The summed E-state index contributed by atoms with van der Waals surface area (Å²) in [6.45, 7) is 3.25.